The highest BCUT2D eigenvalue weighted by atomic mass is 16.2. The number of amides is 1. The Kier molecular flexibility index (Phi) is 3.49. The lowest BCUT2D eigenvalue weighted by Gasteiger charge is -2.21. The van der Waals surface area contributed by atoms with Gasteiger partial charge >= 0.3 is 0 Å². The van der Waals surface area contributed by atoms with Crippen LogP contribution >= 0.6 is 0 Å². The second kappa shape index (κ2) is 5.99. The Hall–Kier alpha value is -3.13. The van der Waals surface area contributed by atoms with E-state index in [4.69, 9.17) is 0 Å². The quantitative estimate of drug-likeness (QED) is 0.624. The molecule has 2 heteroatoms. The van der Waals surface area contributed by atoms with Crippen LogP contribution in [-0.4, -0.2) is 12.5 Å². The fourth-order valence-corrected chi connectivity index (χ4v) is 4.24. The van der Waals surface area contributed by atoms with Crippen LogP contribution in [0.4, 0.5) is 5.69 Å². The van der Waals surface area contributed by atoms with E-state index in [1.165, 1.54) is 22.3 Å². The molecule has 3 aromatic carbocycles. The number of benzene rings is 3. The van der Waals surface area contributed by atoms with E-state index in [1.807, 2.05) is 41.3 Å². The van der Waals surface area contributed by atoms with Crippen molar-refractivity contribution in [3.05, 3.63) is 107 Å². The lowest BCUT2D eigenvalue weighted by Crippen LogP contribution is -2.29. The summed E-state index contributed by atoms with van der Waals surface area (Å²) in [4.78, 5) is 15.0. The minimum absolute atomic E-state index is 0.0923. The van der Waals surface area contributed by atoms with Gasteiger partial charge in [0.25, 0.3) is 5.91 Å². The Balaban J connectivity index is 1.59. The molecule has 1 aliphatic heterocycles. The van der Waals surface area contributed by atoms with Crippen molar-refractivity contribution >= 4 is 17.2 Å². The van der Waals surface area contributed by atoms with Crippen LogP contribution in [-0.2, 0) is 0 Å². The standard InChI is InChI=1S/C24H19NO/c26-24(18-10-5-2-6-11-18)25-16-19-14-15-20(17-8-3-1-4-9-17)21-12-7-13-22(25)23(19)21/h1-13,15,19H,14,16H2. The molecule has 0 radical (unpaired) electrons. The van der Waals surface area contributed by atoms with Gasteiger partial charge in [0.2, 0.25) is 0 Å². The monoisotopic (exact) mass is 337 g/mol. The summed E-state index contributed by atoms with van der Waals surface area (Å²) in [5.74, 6) is 0.482. The van der Waals surface area contributed by atoms with Crippen molar-refractivity contribution in [3.8, 4) is 0 Å². The maximum atomic E-state index is 13.1. The van der Waals surface area contributed by atoms with Gasteiger partial charge in [-0.15, -0.1) is 0 Å². The number of rotatable bonds is 2. The van der Waals surface area contributed by atoms with E-state index >= 15 is 0 Å². The lowest BCUT2D eigenvalue weighted by atomic mass is 9.82. The molecule has 1 atom stereocenters. The highest BCUT2D eigenvalue weighted by Gasteiger charge is 2.36. The third kappa shape index (κ3) is 2.30. The Morgan fingerprint density at radius 1 is 0.846 bits per heavy atom. The molecule has 1 aliphatic carbocycles. The van der Waals surface area contributed by atoms with Gasteiger partial charge in [0.1, 0.15) is 0 Å². The van der Waals surface area contributed by atoms with Gasteiger partial charge in [0, 0.05) is 23.7 Å². The van der Waals surface area contributed by atoms with Crippen molar-refractivity contribution in [3.63, 3.8) is 0 Å². The third-order valence-electron chi connectivity index (χ3n) is 5.43. The summed E-state index contributed by atoms with van der Waals surface area (Å²) in [6.07, 6.45) is 3.31. The average molecular weight is 337 g/mol. The molecule has 5 rings (SSSR count). The zero-order valence-corrected chi connectivity index (χ0v) is 14.4. The molecule has 2 aliphatic rings. The van der Waals surface area contributed by atoms with E-state index in [9.17, 15) is 4.79 Å². The van der Waals surface area contributed by atoms with Crippen LogP contribution < -0.4 is 4.90 Å². The number of hydrogen-bond donors (Lipinski definition) is 0. The molecule has 0 bridgehead atoms. The molecule has 126 valence electrons. The second-order valence-electron chi connectivity index (χ2n) is 6.94. The molecule has 0 fully saturated rings. The van der Waals surface area contributed by atoms with E-state index < -0.39 is 0 Å². The van der Waals surface area contributed by atoms with Crippen molar-refractivity contribution in [2.24, 2.45) is 0 Å². The van der Waals surface area contributed by atoms with Gasteiger partial charge < -0.3 is 4.90 Å². The van der Waals surface area contributed by atoms with Crippen LogP contribution in [0.2, 0.25) is 0 Å². The van der Waals surface area contributed by atoms with E-state index in [-0.39, 0.29) is 5.91 Å². The predicted octanol–water partition coefficient (Wildman–Crippen LogP) is 5.27. The molecular formula is C24H19NO. The molecule has 1 unspecified atom stereocenters. The number of anilines is 1. The summed E-state index contributed by atoms with van der Waals surface area (Å²) in [5.41, 5.74) is 6.95. The molecule has 26 heavy (non-hydrogen) atoms. The van der Waals surface area contributed by atoms with Gasteiger partial charge in [-0.2, -0.15) is 0 Å². The molecular weight excluding hydrogens is 318 g/mol. The Morgan fingerprint density at radius 2 is 1.58 bits per heavy atom. The second-order valence-corrected chi connectivity index (χ2v) is 6.94. The first kappa shape index (κ1) is 15.2. The molecule has 0 N–H and O–H groups in total. The molecule has 3 aromatic rings. The first-order chi connectivity index (χ1) is 12.8. The first-order valence-electron chi connectivity index (χ1n) is 9.09. The number of carbonyl (C=O) groups is 1. The zero-order valence-electron chi connectivity index (χ0n) is 14.4. The van der Waals surface area contributed by atoms with Crippen molar-refractivity contribution in [1.29, 1.82) is 0 Å². The van der Waals surface area contributed by atoms with Crippen molar-refractivity contribution in [2.75, 3.05) is 11.4 Å². The number of nitrogens with zero attached hydrogens (tertiary/aromatic N) is 1. The first-order valence-corrected chi connectivity index (χ1v) is 9.09. The van der Waals surface area contributed by atoms with Gasteiger partial charge in [-0.1, -0.05) is 66.7 Å². The largest absolute Gasteiger partial charge is 0.307 e. The fourth-order valence-electron chi connectivity index (χ4n) is 4.24. The molecule has 0 spiro atoms. The van der Waals surface area contributed by atoms with Crippen molar-refractivity contribution in [2.45, 2.75) is 12.3 Å². The molecule has 0 saturated heterocycles. The van der Waals surface area contributed by atoms with Gasteiger partial charge in [-0.3, -0.25) is 4.79 Å². The molecule has 1 heterocycles. The number of hydrogen-bond acceptors (Lipinski definition) is 1. The van der Waals surface area contributed by atoms with E-state index in [0.29, 0.717) is 5.92 Å². The van der Waals surface area contributed by atoms with Crippen LogP contribution in [0.25, 0.3) is 5.57 Å². The number of allylic oxidation sites excluding steroid dienone is 1. The lowest BCUT2D eigenvalue weighted by molar-refractivity contribution is 0.0988. The van der Waals surface area contributed by atoms with Crippen LogP contribution in [0.15, 0.2) is 84.9 Å². The van der Waals surface area contributed by atoms with Crippen LogP contribution in [0, 0.1) is 0 Å². The van der Waals surface area contributed by atoms with E-state index in [1.54, 1.807) is 0 Å². The Labute approximate surface area is 153 Å². The van der Waals surface area contributed by atoms with Gasteiger partial charge in [-0.25, -0.2) is 0 Å². The average Bonchev–Trinajstić information content (AvgIpc) is 3.10. The summed E-state index contributed by atoms with van der Waals surface area (Å²) in [5, 5.41) is 0. The molecule has 1 amide bonds. The SMILES string of the molecule is O=C(c1ccccc1)N1CC2CC=C(c3ccccc3)c3cccc1c32. The van der Waals surface area contributed by atoms with Crippen molar-refractivity contribution < 1.29 is 4.79 Å². The molecule has 0 aromatic heterocycles. The summed E-state index contributed by atoms with van der Waals surface area (Å²) >= 11 is 0. The topological polar surface area (TPSA) is 20.3 Å². The predicted molar refractivity (Wildman–Crippen MR) is 105 cm³/mol. The fraction of sp³-hybridized carbons (Fsp3) is 0.125. The Bertz CT molecular complexity index is 1000. The maximum absolute atomic E-state index is 13.1. The van der Waals surface area contributed by atoms with Gasteiger partial charge in [-0.05, 0) is 46.9 Å². The smallest absolute Gasteiger partial charge is 0.258 e. The van der Waals surface area contributed by atoms with Crippen LogP contribution in [0.3, 0.4) is 0 Å². The molecule has 0 saturated carbocycles. The molecule has 2 nitrogen and oxygen atoms in total. The zero-order chi connectivity index (χ0) is 17.5. The third-order valence-corrected chi connectivity index (χ3v) is 5.43. The van der Waals surface area contributed by atoms with E-state index in [0.717, 1.165) is 24.2 Å². The van der Waals surface area contributed by atoms with Crippen LogP contribution in [0.5, 0.6) is 0 Å². The normalized spacial score (nSPS) is 17.6. The maximum Gasteiger partial charge on any atom is 0.258 e. The van der Waals surface area contributed by atoms with Gasteiger partial charge in [0.15, 0.2) is 0 Å². The summed E-state index contributed by atoms with van der Waals surface area (Å²) in [6.45, 7) is 0.763. The highest BCUT2D eigenvalue weighted by Crippen LogP contribution is 2.47. The Morgan fingerprint density at radius 3 is 2.35 bits per heavy atom. The minimum atomic E-state index is 0.0923. The summed E-state index contributed by atoms with van der Waals surface area (Å²) in [6, 6.07) is 26.5. The highest BCUT2D eigenvalue weighted by molar-refractivity contribution is 6.08. The summed E-state index contributed by atoms with van der Waals surface area (Å²) < 4.78 is 0. The van der Waals surface area contributed by atoms with Crippen LogP contribution in [0.1, 0.15) is 39.4 Å². The minimum Gasteiger partial charge on any atom is -0.307 e. The van der Waals surface area contributed by atoms with E-state index in [2.05, 4.69) is 48.5 Å². The van der Waals surface area contributed by atoms with Gasteiger partial charge in [0.05, 0.1) is 0 Å². The van der Waals surface area contributed by atoms with Crippen molar-refractivity contribution in [1.82, 2.24) is 0 Å². The number of carbonyl (C=O) groups excluding carboxylic acids is 1. The summed E-state index contributed by atoms with van der Waals surface area (Å²) in [7, 11) is 0.